The number of hydrogen-bond donors (Lipinski definition) is 1. The largest absolute Gasteiger partial charge is 0.466 e. The van der Waals surface area contributed by atoms with Gasteiger partial charge in [0.05, 0.1) is 12.8 Å². The summed E-state index contributed by atoms with van der Waals surface area (Å²) in [7, 11) is 1.36. The van der Waals surface area contributed by atoms with Gasteiger partial charge in [-0.2, -0.15) is 0 Å². The Morgan fingerprint density at radius 2 is 2.00 bits per heavy atom. The molecule has 0 aromatic heterocycles. The van der Waals surface area contributed by atoms with Crippen LogP contribution in [0.3, 0.4) is 0 Å². The first-order valence-corrected chi connectivity index (χ1v) is 8.62. The van der Waals surface area contributed by atoms with Gasteiger partial charge in [-0.05, 0) is 65.0 Å². The van der Waals surface area contributed by atoms with E-state index in [1.54, 1.807) is 24.8 Å². The molecule has 1 aromatic carbocycles. The zero-order valence-corrected chi connectivity index (χ0v) is 16.1. The highest BCUT2D eigenvalue weighted by molar-refractivity contribution is 9.10. The number of anilines is 1. The molecule has 1 amide bonds. The molecule has 132 valence electrons. The van der Waals surface area contributed by atoms with E-state index in [0.29, 0.717) is 18.7 Å². The fourth-order valence-electron chi connectivity index (χ4n) is 2.38. The Bertz CT molecular complexity index is 638. The van der Waals surface area contributed by atoms with Crippen molar-refractivity contribution >= 4 is 39.6 Å². The van der Waals surface area contributed by atoms with E-state index in [1.165, 1.54) is 7.11 Å². The number of aliphatic hydroxyl groups is 1. The predicted molar refractivity (Wildman–Crippen MR) is 98.9 cm³/mol. The van der Waals surface area contributed by atoms with Crippen molar-refractivity contribution in [3.05, 3.63) is 33.3 Å². The number of carbonyl (C=O) groups is 2. The number of nitrogens with zero attached hydrogens (tertiary/aromatic N) is 1. The SMILES string of the molecule is CCCO.COC(=O)/C(C)=C/c1cc(Br)c2c(c1)CCN2C(C)=O. The van der Waals surface area contributed by atoms with Crippen LogP contribution in [0.4, 0.5) is 5.69 Å². The Balaban J connectivity index is 0.000000648. The average Bonchev–Trinajstić information content (AvgIpc) is 2.98. The molecule has 2 rings (SSSR count). The van der Waals surface area contributed by atoms with E-state index < -0.39 is 0 Å². The average molecular weight is 398 g/mol. The lowest BCUT2D eigenvalue weighted by atomic mass is 10.1. The van der Waals surface area contributed by atoms with Crippen LogP contribution in [0.2, 0.25) is 0 Å². The van der Waals surface area contributed by atoms with Gasteiger partial charge in [0.25, 0.3) is 0 Å². The van der Waals surface area contributed by atoms with Crippen LogP contribution in [0.15, 0.2) is 22.2 Å². The van der Waals surface area contributed by atoms with E-state index in [4.69, 9.17) is 5.11 Å². The summed E-state index contributed by atoms with van der Waals surface area (Å²) >= 11 is 3.51. The molecule has 1 aromatic rings. The van der Waals surface area contributed by atoms with Crippen LogP contribution in [0.25, 0.3) is 6.08 Å². The lowest BCUT2D eigenvalue weighted by Crippen LogP contribution is -2.26. The molecule has 0 radical (unpaired) electrons. The third-order valence-electron chi connectivity index (χ3n) is 3.53. The fourth-order valence-corrected chi connectivity index (χ4v) is 3.12. The molecule has 0 fully saturated rings. The summed E-state index contributed by atoms with van der Waals surface area (Å²) in [6, 6.07) is 3.92. The Morgan fingerprint density at radius 3 is 2.50 bits per heavy atom. The van der Waals surface area contributed by atoms with E-state index in [2.05, 4.69) is 20.7 Å². The van der Waals surface area contributed by atoms with E-state index in [9.17, 15) is 9.59 Å². The van der Waals surface area contributed by atoms with Crippen LogP contribution in [0.1, 0.15) is 38.3 Å². The quantitative estimate of drug-likeness (QED) is 0.627. The second-order valence-corrected chi connectivity index (χ2v) is 6.33. The van der Waals surface area contributed by atoms with E-state index in [1.807, 2.05) is 19.1 Å². The fraction of sp³-hybridized carbons (Fsp3) is 0.444. The Hall–Kier alpha value is -1.66. The topological polar surface area (TPSA) is 66.8 Å². The van der Waals surface area contributed by atoms with Gasteiger partial charge in [0.1, 0.15) is 0 Å². The van der Waals surface area contributed by atoms with Gasteiger partial charge in [0, 0.05) is 30.1 Å². The number of fused-ring (bicyclic) bond motifs is 1. The molecule has 0 saturated carbocycles. The molecule has 5 nitrogen and oxygen atoms in total. The number of rotatable bonds is 3. The first-order valence-electron chi connectivity index (χ1n) is 7.83. The Morgan fingerprint density at radius 1 is 1.38 bits per heavy atom. The molecule has 0 spiro atoms. The van der Waals surface area contributed by atoms with Crippen LogP contribution in [0, 0.1) is 0 Å². The van der Waals surface area contributed by atoms with Crippen LogP contribution in [-0.2, 0) is 20.7 Å². The van der Waals surface area contributed by atoms with Gasteiger partial charge < -0.3 is 14.7 Å². The molecule has 6 heteroatoms. The first-order chi connectivity index (χ1) is 11.3. The highest BCUT2D eigenvalue weighted by Gasteiger charge is 2.25. The van der Waals surface area contributed by atoms with Crippen LogP contribution in [0.5, 0.6) is 0 Å². The van der Waals surface area contributed by atoms with Crippen molar-refractivity contribution in [1.82, 2.24) is 0 Å². The molecule has 1 aliphatic heterocycles. The van der Waals surface area contributed by atoms with Crippen molar-refractivity contribution < 1.29 is 19.4 Å². The maximum Gasteiger partial charge on any atom is 0.333 e. The maximum atomic E-state index is 11.6. The number of aliphatic hydroxyl groups excluding tert-OH is 1. The van der Waals surface area contributed by atoms with Gasteiger partial charge in [-0.15, -0.1) is 0 Å². The zero-order valence-electron chi connectivity index (χ0n) is 14.6. The minimum Gasteiger partial charge on any atom is -0.466 e. The molecular formula is C18H24BrNO4. The lowest BCUT2D eigenvalue weighted by Gasteiger charge is -2.16. The minimum atomic E-state index is -0.341. The predicted octanol–water partition coefficient (Wildman–Crippen LogP) is 3.32. The normalized spacial score (nSPS) is 13.1. The smallest absolute Gasteiger partial charge is 0.333 e. The first kappa shape index (κ1) is 20.4. The molecule has 1 N–H and O–H groups in total. The molecule has 0 saturated heterocycles. The molecule has 0 unspecified atom stereocenters. The van der Waals surface area contributed by atoms with Crippen molar-refractivity contribution in [2.45, 2.75) is 33.6 Å². The number of methoxy groups -OCH3 is 1. The van der Waals surface area contributed by atoms with E-state index >= 15 is 0 Å². The van der Waals surface area contributed by atoms with Crippen molar-refractivity contribution in [2.24, 2.45) is 0 Å². The van der Waals surface area contributed by atoms with Crippen molar-refractivity contribution in [3.63, 3.8) is 0 Å². The molecular weight excluding hydrogens is 374 g/mol. The summed E-state index contributed by atoms with van der Waals surface area (Å²) in [6.07, 6.45) is 3.49. The summed E-state index contributed by atoms with van der Waals surface area (Å²) in [4.78, 5) is 24.8. The summed E-state index contributed by atoms with van der Waals surface area (Å²) < 4.78 is 5.55. The summed E-state index contributed by atoms with van der Waals surface area (Å²) in [6.45, 7) is 6.23. The minimum absolute atomic E-state index is 0.0403. The molecule has 0 atom stereocenters. The lowest BCUT2D eigenvalue weighted by molar-refractivity contribution is -0.135. The van der Waals surface area contributed by atoms with E-state index in [0.717, 1.165) is 34.1 Å². The van der Waals surface area contributed by atoms with Crippen LogP contribution >= 0.6 is 15.9 Å². The number of hydrogen-bond acceptors (Lipinski definition) is 4. The monoisotopic (exact) mass is 397 g/mol. The van der Waals surface area contributed by atoms with Crippen molar-refractivity contribution in [1.29, 1.82) is 0 Å². The molecule has 1 heterocycles. The number of benzene rings is 1. The number of amides is 1. The summed E-state index contributed by atoms with van der Waals surface area (Å²) in [5.41, 5.74) is 3.51. The van der Waals surface area contributed by atoms with Gasteiger partial charge in [0.2, 0.25) is 5.91 Å². The molecule has 24 heavy (non-hydrogen) atoms. The Kier molecular flexibility index (Phi) is 8.15. The summed E-state index contributed by atoms with van der Waals surface area (Å²) in [5.74, 6) is -0.300. The summed E-state index contributed by atoms with van der Waals surface area (Å²) in [5, 5.41) is 7.88. The second kappa shape index (κ2) is 9.59. The van der Waals surface area contributed by atoms with E-state index in [-0.39, 0.29) is 11.9 Å². The Labute approximate surface area is 151 Å². The van der Waals surface area contributed by atoms with Gasteiger partial charge in [-0.3, -0.25) is 4.79 Å². The molecule has 1 aliphatic rings. The standard InChI is InChI=1S/C15H16BrNO3.C3H8O/c1-9(15(19)20-3)6-11-7-12-4-5-17(10(2)18)14(12)13(16)8-11;1-2-3-4/h6-8H,4-5H2,1-3H3;4H,2-3H2,1H3/b9-6+;. The van der Waals surface area contributed by atoms with Gasteiger partial charge >= 0.3 is 5.97 Å². The van der Waals surface area contributed by atoms with Gasteiger partial charge in [0.15, 0.2) is 0 Å². The van der Waals surface area contributed by atoms with Gasteiger partial charge in [-0.1, -0.05) is 6.92 Å². The van der Waals surface area contributed by atoms with Crippen molar-refractivity contribution in [3.8, 4) is 0 Å². The third kappa shape index (κ3) is 5.18. The molecule has 0 bridgehead atoms. The highest BCUT2D eigenvalue weighted by atomic mass is 79.9. The molecule has 0 aliphatic carbocycles. The number of halogens is 1. The van der Waals surface area contributed by atoms with Crippen LogP contribution < -0.4 is 4.90 Å². The maximum absolute atomic E-state index is 11.6. The van der Waals surface area contributed by atoms with Crippen molar-refractivity contribution in [2.75, 3.05) is 25.2 Å². The van der Waals surface area contributed by atoms with Crippen LogP contribution in [-0.4, -0.2) is 37.2 Å². The number of ether oxygens (including phenoxy) is 1. The van der Waals surface area contributed by atoms with Gasteiger partial charge in [-0.25, -0.2) is 4.79 Å². The second-order valence-electron chi connectivity index (χ2n) is 5.47. The number of esters is 1. The highest BCUT2D eigenvalue weighted by Crippen LogP contribution is 2.37. The zero-order chi connectivity index (χ0) is 18.3. The number of carbonyl (C=O) groups excluding carboxylic acids is 2. The third-order valence-corrected chi connectivity index (χ3v) is 4.14.